The minimum Gasteiger partial charge on any atom is -0.480 e. The lowest BCUT2D eigenvalue weighted by atomic mass is 9.96. The van der Waals surface area contributed by atoms with Gasteiger partial charge in [0, 0.05) is 11.0 Å². The van der Waals surface area contributed by atoms with E-state index in [0.29, 0.717) is 12.8 Å². The normalized spacial score (nSPS) is 14.6. The zero-order valence-electron chi connectivity index (χ0n) is 12.1. The van der Waals surface area contributed by atoms with E-state index in [2.05, 4.69) is 21.2 Å². The lowest BCUT2D eigenvalue weighted by molar-refractivity contribution is -0.144. The van der Waals surface area contributed by atoms with Crippen molar-refractivity contribution in [1.82, 2.24) is 5.32 Å². The van der Waals surface area contributed by atoms with Crippen molar-refractivity contribution in [3.63, 3.8) is 0 Å². The Morgan fingerprint density at radius 3 is 2.38 bits per heavy atom. The first-order valence-corrected chi connectivity index (χ1v) is 9.12. The van der Waals surface area contributed by atoms with Gasteiger partial charge >= 0.3 is 5.97 Å². The Labute approximate surface area is 133 Å². The van der Waals surface area contributed by atoms with Gasteiger partial charge in [-0.3, -0.25) is 4.79 Å². The van der Waals surface area contributed by atoms with Crippen molar-refractivity contribution < 1.29 is 18.3 Å². The standard InChI is InChI=1S/C14H20BrNO4S/c1-3-8-14(2,13(17)18)16-9-10-21(19,20)12-6-4-11(15)5-7-12/h4-7,16H,3,8-10H2,1-2H3,(H,17,18). The van der Waals surface area contributed by atoms with E-state index in [9.17, 15) is 18.3 Å². The summed E-state index contributed by atoms with van der Waals surface area (Å²) in [7, 11) is -3.42. The van der Waals surface area contributed by atoms with Crippen LogP contribution >= 0.6 is 15.9 Å². The van der Waals surface area contributed by atoms with Crippen LogP contribution in [0.15, 0.2) is 33.6 Å². The Kier molecular flexibility index (Phi) is 6.37. The van der Waals surface area contributed by atoms with Gasteiger partial charge in [-0.1, -0.05) is 29.3 Å². The van der Waals surface area contributed by atoms with Gasteiger partial charge in [-0.05, 0) is 37.6 Å². The highest BCUT2D eigenvalue weighted by atomic mass is 79.9. The number of carboxylic acid groups (broad SMARTS) is 1. The zero-order valence-corrected chi connectivity index (χ0v) is 14.5. The van der Waals surface area contributed by atoms with Gasteiger partial charge in [-0.15, -0.1) is 0 Å². The molecule has 1 rings (SSSR count). The van der Waals surface area contributed by atoms with Gasteiger partial charge < -0.3 is 10.4 Å². The second-order valence-corrected chi connectivity index (χ2v) is 8.11. The predicted molar refractivity (Wildman–Crippen MR) is 85.1 cm³/mol. The van der Waals surface area contributed by atoms with Crippen LogP contribution in [0.4, 0.5) is 0 Å². The predicted octanol–water partition coefficient (Wildman–Crippen LogP) is 2.46. The minimum atomic E-state index is -3.42. The molecule has 21 heavy (non-hydrogen) atoms. The maximum Gasteiger partial charge on any atom is 0.323 e. The fourth-order valence-corrected chi connectivity index (χ4v) is 3.41. The van der Waals surface area contributed by atoms with Crippen LogP contribution in [-0.4, -0.2) is 37.3 Å². The second kappa shape index (κ2) is 7.38. The van der Waals surface area contributed by atoms with E-state index in [0.717, 1.165) is 4.47 Å². The molecule has 0 aliphatic carbocycles. The van der Waals surface area contributed by atoms with E-state index in [1.807, 2.05) is 6.92 Å². The Hall–Kier alpha value is -0.920. The fraction of sp³-hybridized carbons (Fsp3) is 0.500. The number of aliphatic carboxylic acids is 1. The molecular weight excluding hydrogens is 358 g/mol. The molecule has 2 N–H and O–H groups in total. The fourth-order valence-electron chi connectivity index (χ4n) is 1.99. The van der Waals surface area contributed by atoms with E-state index in [1.165, 1.54) is 12.1 Å². The number of hydrogen-bond donors (Lipinski definition) is 2. The van der Waals surface area contributed by atoms with E-state index in [4.69, 9.17) is 0 Å². The van der Waals surface area contributed by atoms with Crippen LogP contribution in [0.1, 0.15) is 26.7 Å². The average molecular weight is 378 g/mol. The van der Waals surface area contributed by atoms with E-state index in [1.54, 1.807) is 19.1 Å². The number of carbonyl (C=O) groups is 1. The van der Waals surface area contributed by atoms with E-state index in [-0.39, 0.29) is 17.2 Å². The highest BCUT2D eigenvalue weighted by Gasteiger charge is 2.31. The van der Waals surface area contributed by atoms with Crippen molar-refractivity contribution in [1.29, 1.82) is 0 Å². The molecule has 5 nitrogen and oxygen atoms in total. The van der Waals surface area contributed by atoms with Crippen molar-refractivity contribution >= 4 is 31.7 Å². The molecule has 0 bridgehead atoms. The quantitative estimate of drug-likeness (QED) is 0.726. The second-order valence-electron chi connectivity index (χ2n) is 5.09. The first kappa shape index (κ1) is 18.1. The Morgan fingerprint density at radius 2 is 1.90 bits per heavy atom. The number of hydrogen-bond acceptors (Lipinski definition) is 4. The van der Waals surface area contributed by atoms with Crippen molar-refractivity contribution in [2.24, 2.45) is 0 Å². The van der Waals surface area contributed by atoms with Gasteiger partial charge in [0.1, 0.15) is 5.54 Å². The van der Waals surface area contributed by atoms with Crippen molar-refractivity contribution in [2.75, 3.05) is 12.3 Å². The van der Waals surface area contributed by atoms with Crippen LogP contribution in [0.2, 0.25) is 0 Å². The minimum absolute atomic E-state index is 0.0984. The summed E-state index contributed by atoms with van der Waals surface area (Å²) in [6.45, 7) is 3.56. The van der Waals surface area contributed by atoms with Crippen LogP contribution < -0.4 is 5.32 Å². The zero-order chi connectivity index (χ0) is 16.1. The first-order valence-electron chi connectivity index (χ1n) is 6.68. The molecule has 118 valence electrons. The van der Waals surface area contributed by atoms with Crippen molar-refractivity contribution in [3.05, 3.63) is 28.7 Å². The number of rotatable bonds is 8. The van der Waals surface area contributed by atoms with Crippen LogP contribution in [0, 0.1) is 0 Å². The summed E-state index contributed by atoms with van der Waals surface area (Å²) < 4.78 is 25.1. The number of nitrogens with one attached hydrogen (secondary N) is 1. The summed E-state index contributed by atoms with van der Waals surface area (Å²) >= 11 is 3.25. The highest BCUT2D eigenvalue weighted by Crippen LogP contribution is 2.16. The molecule has 7 heteroatoms. The SMILES string of the molecule is CCCC(C)(NCCS(=O)(=O)c1ccc(Br)cc1)C(=O)O. The number of halogens is 1. The molecule has 0 heterocycles. The monoisotopic (exact) mass is 377 g/mol. The average Bonchev–Trinajstić information content (AvgIpc) is 2.39. The first-order chi connectivity index (χ1) is 9.71. The molecule has 0 aromatic heterocycles. The van der Waals surface area contributed by atoms with Gasteiger partial charge in [-0.2, -0.15) is 0 Å². The molecule has 1 atom stereocenters. The van der Waals surface area contributed by atoms with Gasteiger partial charge in [0.25, 0.3) is 0 Å². The molecular formula is C14H20BrNO4S. The summed E-state index contributed by atoms with van der Waals surface area (Å²) in [6.07, 6.45) is 1.15. The Morgan fingerprint density at radius 1 is 1.33 bits per heavy atom. The largest absolute Gasteiger partial charge is 0.480 e. The highest BCUT2D eigenvalue weighted by molar-refractivity contribution is 9.10. The summed E-state index contributed by atoms with van der Waals surface area (Å²) in [5, 5.41) is 12.1. The summed E-state index contributed by atoms with van der Waals surface area (Å²) in [6, 6.07) is 6.39. The van der Waals surface area contributed by atoms with E-state index < -0.39 is 21.3 Å². The molecule has 0 fully saturated rings. The molecule has 0 spiro atoms. The van der Waals surface area contributed by atoms with Crippen LogP contribution in [0.3, 0.4) is 0 Å². The molecule has 1 aromatic carbocycles. The van der Waals surface area contributed by atoms with Gasteiger partial charge in [-0.25, -0.2) is 8.42 Å². The summed E-state index contributed by atoms with van der Waals surface area (Å²) in [5.74, 6) is -1.10. The third-order valence-corrected chi connectivity index (χ3v) is 5.54. The number of carboxylic acids is 1. The van der Waals surface area contributed by atoms with Crippen LogP contribution in [0.5, 0.6) is 0 Å². The molecule has 0 radical (unpaired) electrons. The van der Waals surface area contributed by atoms with Gasteiger partial charge in [0.2, 0.25) is 0 Å². The molecule has 0 aliphatic rings. The number of benzene rings is 1. The third-order valence-electron chi connectivity index (χ3n) is 3.28. The maximum atomic E-state index is 12.2. The van der Waals surface area contributed by atoms with Gasteiger partial charge in [0.05, 0.1) is 10.6 Å². The molecule has 1 unspecified atom stereocenters. The van der Waals surface area contributed by atoms with Crippen LogP contribution in [0.25, 0.3) is 0 Å². The summed E-state index contributed by atoms with van der Waals surface area (Å²) in [4.78, 5) is 11.5. The molecule has 1 aromatic rings. The Bertz CT molecular complexity index is 585. The number of sulfone groups is 1. The summed E-state index contributed by atoms with van der Waals surface area (Å²) in [5.41, 5.74) is -1.09. The van der Waals surface area contributed by atoms with Gasteiger partial charge in [0.15, 0.2) is 9.84 Å². The molecule has 0 amide bonds. The lowest BCUT2D eigenvalue weighted by Crippen LogP contribution is -2.50. The molecule has 0 saturated heterocycles. The van der Waals surface area contributed by atoms with Crippen molar-refractivity contribution in [3.8, 4) is 0 Å². The maximum absolute atomic E-state index is 12.2. The Balaban J connectivity index is 2.69. The van der Waals surface area contributed by atoms with Crippen LogP contribution in [-0.2, 0) is 14.6 Å². The molecule has 0 aliphatic heterocycles. The van der Waals surface area contributed by atoms with E-state index >= 15 is 0 Å². The smallest absolute Gasteiger partial charge is 0.323 e. The third kappa shape index (κ3) is 5.09. The van der Waals surface area contributed by atoms with Crippen molar-refractivity contribution in [2.45, 2.75) is 37.1 Å². The topological polar surface area (TPSA) is 83.5 Å². The molecule has 0 saturated carbocycles. The lowest BCUT2D eigenvalue weighted by Gasteiger charge is -2.25.